The van der Waals surface area contributed by atoms with E-state index in [-0.39, 0.29) is 18.3 Å². The number of rotatable bonds is 5. The molecule has 7 heteroatoms. The molecule has 0 aliphatic carbocycles. The number of fused-ring (bicyclic) bond motifs is 1. The van der Waals surface area contributed by atoms with Crippen molar-refractivity contribution in [3.63, 3.8) is 0 Å². The highest BCUT2D eigenvalue weighted by molar-refractivity contribution is 5.94. The number of benzene rings is 2. The molecule has 0 atom stereocenters. The van der Waals surface area contributed by atoms with Gasteiger partial charge >= 0.3 is 0 Å². The van der Waals surface area contributed by atoms with Gasteiger partial charge in [-0.2, -0.15) is 0 Å². The number of pyridine rings is 1. The fraction of sp³-hybridized carbons (Fsp3) is 0.259. The van der Waals surface area contributed by atoms with Crippen LogP contribution >= 0.6 is 12.4 Å². The first-order valence-corrected chi connectivity index (χ1v) is 11.3. The van der Waals surface area contributed by atoms with Gasteiger partial charge in [0, 0.05) is 55.1 Å². The predicted molar refractivity (Wildman–Crippen MR) is 135 cm³/mol. The van der Waals surface area contributed by atoms with E-state index < -0.39 is 0 Å². The van der Waals surface area contributed by atoms with Crippen molar-refractivity contribution < 1.29 is 13.9 Å². The summed E-state index contributed by atoms with van der Waals surface area (Å²) in [7, 11) is 1.62. The summed E-state index contributed by atoms with van der Waals surface area (Å²) in [6.45, 7) is 3.92. The van der Waals surface area contributed by atoms with Crippen LogP contribution in [0, 0.1) is 0 Å². The summed E-state index contributed by atoms with van der Waals surface area (Å²) in [6, 6.07) is 19.7. The summed E-state index contributed by atoms with van der Waals surface area (Å²) >= 11 is 0. The second-order valence-corrected chi connectivity index (χ2v) is 8.36. The van der Waals surface area contributed by atoms with Gasteiger partial charge in [0.2, 0.25) is 0 Å². The maximum absolute atomic E-state index is 13.0. The summed E-state index contributed by atoms with van der Waals surface area (Å²) in [5.74, 6) is 1.71. The predicted octanol–water partition coefficient (Wildman–Crippen LogP) is 5.27. The van der Waals surface area contributed by atoms with E-state index >= 15 is 0 Å². The van der Waals surface area contributed by atoms with Crippen LogP contribution in [0.1, 0.15) is 22.5 Å². The lowest BCUT2D eigenvalue weighted by Crippen LogP contribution is -2.35. The number of ether oxygens (including phenoxy) is 1. The molecule has 0 radical (unpaired) electrons. The molecule has 1 aliphatic heterocycles. The molecular formula is C27H28ClN3O3. The summed E-state index contributed by atoms with van der Waals surface area (Å²) in [4.78, 5) is 21.5. The topological polar surface area (TPSA) is 58.8 Å². The van der Waals surface area contributed by atoms with Crippen LogP contribution in [0.15, 0.2) is 77.5 Å². The molecule has 1 amide bonds. The van der Waals surface area contributed by atoms with E-state index in [2.05, 4.69) is 34.1 Å². The van der Waals surface area contributed by atoms with Crippen LogP contribution in [0.5, 0.6) is 5.75 Å². The quantitative estimate of drug-likeness (QED) is 0.391. The number of amides is 1. The van der Waals surface area contributed by atoms with Crippen molar-refractivity contribution in [2.75, 3.05) is 33.3 Å². The molecule has 0 unspecified atom stereocenters. The van der Waals surface area contributed by atoms with Crippen LogP contribution in [-0.2, 0) is 6.54 Å². The third-order valence-electron chi connectivity index (χ3n) is 6.13. The lowest BCUT2D eigenvalue weighted by Gasteiger charge is -2.21. The highest BCUT2D eigenvalue weighted by Crippen LogP contribution is 2.27. The Hall–Kier alpha value is -3.35. The summed E-state index contributed by atoms with van der Waals surface area (Å²) in [5, 5.41) is 1.09. The van der Waals surface area contributed by atoms with Crippen molar-refractivity contribution in [1.29, 1.82) is 0 Å². The van der Waals surface area contributed by atoms with Gasteiger partial charge in [-0.15, -0.1) is 12.4 Å². The zero-order valence-corrected chi connectivity index (χ0v) is 20.0. The van der Waals surface area contributed by atoms with E-state index in [1.54, 1.807) is 19.4 Å². The fourth-order valence-electron chi connectivity index (χ4n) is 4.38. The van der Waals surface area contributed by atoms with Gasteiger partial charge in [0.25, 0.3) is 5.91 Å². The van der Waals surface area contributed by atoms with Crippen molar-refractivity contribution in [2.24, 2.45) is 0 Å². The van der Waals surface area contributed by atoms with E-state index in [0.717, 1.165) is 60.5 Å². The number of carbonyl (C=O) groups excluding carboxylic acids is 1. The standard InChI is InChI=1S/C27H27N3O3.ClH/c1-32-24-7-2-5-21(16-24)27(31)30-12-4-11-29(13-14-30)19-25-17-23-15-20(8-9-26(23)33-25)22-6-3-10-28-18-22;/h2-3,5-10,15-18H,4,11-14,19H2,1H3;1H. The minimum absolute atomic E-state index is 0. The highest BCUT2D eigenvalue weighted by atomic mass is 35.5. The lowest BCUT2D eigenvalue weighted by atomic mass is 10.1. The van der Waals surface area contributed by atoms with Crippen molar-refractivity contribution in [3.8, 4) is 16.9 Å². The Kier molecular flexibility index (Phi) is 7.50. The molecule has 2 aromatic carbocycles. The van der Waals surface area contributed by atoms with Gasteiger partial charge in [-0.1, -0.05) is 18.2 Å². The van der Waals surface area contributed by atoms with E-state index in [4.69, 9.17) is 9.15 Å². The molecule has 176 valence electrons. The molecule has 0 saturated carbocycles. The largest absolute Gasteiger partial charge is 0.497 e. The number of methoxy groups -OCH3 is 1. The number of furan rings is 1. The van der Waals surface area contributed by atoms with Gasteiger partial charge in [0.1, 0.15) is 17.1 Å². The second-order valence-electron chi connectivity index (χ2n) is 8.36. The van der Waals surface area contributed by atoms with Crippen LogP contribution < -0.4 is 4.74 Å². The van der Waals surface area contributed by atoms with Gasteiger partial charge in [-0.05, 0) is 54.4 Å². The Morgan fingerprint density at radius 3 is 2.74 bits per heavy atom. The monoisotopic (exact) mass is 477 g/mol. The van der Waals surface area contributed by atoms with E-state index in [1.165, 1.54) is 0 Å². The lowest BCUT2D eigenvalue weighted by molar-refractivity contribution is 0.0760. The summed E-state index contributed by atoms with van der Waals surface area (Å²) in [5.41, 5.74) is 3.78. The normalized spacial score (nSPS) is 14.4. The number of hydrogen-bond donors (Lipinski definition) is 0. The first kappa shape index (κ1) is 23.8. The molecule has 5 rings (SSSR count). The minimum Gasteiger partial charge on any atom is -0.497 e. The van der Waals surface area contributed by atoms with Gasteiger partial charge < -0.3 is 14.1 Å². The maximum atomic E-state index is 13.0. The highest BCUT2D eigenvalue weighted by Gasteiger charge is 2.21. The van der Waals surface area contributed by atoms with Crippen LogP contribution in [0.4, 0.5) is 0 Å². The van der Waals surface area contributed by atoms with Crippen molar-refractivity contribution >= 4 is 29.3 Å². The zero-order chi connectivity index (χ0) is 22.6. The van der Waals surface area contributed by atoms with Crippen LogP contribution in [-0.4, -0.2) is 54.0 Å². The van der Waals surface area contributed by atoms with Crippen molar-refractivity contribution in [1.82, 2.24) is 14.8 Å². The number of halogens is 1. The van der Waals surface area contributed by atoms with E-state index in [9.17, 15) is 4.79 Å². The number of nitrogens with zero attached hydrogens (tertiary/aromatic N) is 3. The average molecular weight is 478 g/mol. The third kappa shape index (κ3) is 5.24. The molecule has 6 nitrogen and oxygen atoms in total. The number of hydrogen-bond acceptors (Lipinski definition) is 5. The van der Waals surface area contributed by atoms with Crippen LogP contribution in [0.25, 0.3) is 22.1 Å². The van der Waals surface area contributed by atoms with Gasteiger partial charge in [-0.25, -0.2) is 0 Å². The Bertz CT molecular complexity index is 1260. The molecular weight excluding hydrogens is 450 g/mol. The maximum Gasteiger partial charge on any atom is 0.254 e. The van der Waals surface area contributed by atoms with Crippen molar-refractivity contribution in [2.45, 2.75) is 13.0 Å². The summed E-state index contributed by atoms with van der Waals surface area (Å²) < 4.78 is 11.4. The second kappa shape index (κ2) is 10.7. The molecule has 2 aromatic heterocycles. The first-order chi connectivity index (χ1) is 16.2. The van der Waals surface area contributed by atoms with Gasteiger partial charge in [0.05, 0.1) is 13.7 Å². The molecule has 4 aromatic rings. The SMILES string of the molecule is COc1cccc(C(=O)N2CCCN(Cc3cc4cc(-c5cccnc5)ccc4o3)CC2)c1.Cl. The molecule has 0 spiro atoms. The fourth-order valence-corrected chi connectivity index (χ4v) is 4.38. The molecule has 0 bridgehead atoms. The van der Waals surface area contributed by atoms with Gasteiger partial charge in [-0.3, -0.25) is 14.7 Å². The molecule has 1 saturated heterocycles. The Morgan fingerprint density at radius 1 is 1.00 bits per heavy atom. The first-order valence-electron chi connectivity index (χ1n) is 11.3. The average Bonchev–Trinajstić information content (AvgIpc) is 3.12. The number of carbonyl (C=O) groups is 1. The van der Waals surface area contributed by atoms with Crippen LogP contribution in [0.2, 0.25) is 0 Å². The molecule has 34 heavy (non-hydrogen) atoms. The molecule has 1 fully saturated rings. The smallest absolute Gasteiger partial charge is 0.254 e. The summed E-state index contributed by atoms with van der Waals surface area (Å²) in [6.07, 6.45) is 4.59. The number of aromatic nitrogens is 1. The third-order valence-corrected chi connectivity index (χ3v) is 6.13. The van der Waals surface area contributed by atoms with E-state index in [0.29, 0.717) is 17.9 Å². The van der Waals surface area contributed by atoms with Gasteiger partial charge in [0.15, 0.2) is 0 Å². The Labute approximate surface area is 205 Å². The minimum atomic E-state index is 0. The van der Waals surface area contributed by atoms with Crippen molar-refractivity contribution in [3.05, 3.63) is 84.4 Å². The molecule has 1 aliphatic rings. The molecule has 0 N–H and O–H groups in total. The van der Waals surface area contributed by atoms with E-state index in [1.807, 2.05) is 41.4 Å². The Balaban J connectivity index is 0.00000274. The van der Waals surface area contributed by atoms with Crippen LogP contribution in [0.3, 0.4) is 0 Å². The Morgan fingerprint density at radius 2 is 1.91 bits per heavy atom. The molecule has 3 heterocycles. The zero-order valence-electron chi connectivity index (χ0n) is 19.1.